The number of anilines is 2. The number of aromatic nitrogens is 3. The average molecular weight is 500 g/mol. The Bertz CT molecular complexity index is 1230. The van der Waals surface area contributed by atoms with Crippen molar-refractivity contribution in [2.45, 2.75) is 71.1 Å². The third-order valence-corrected chi connectivity index (χ3v) is 6.81. The van der Waals surface area contributed by atoms with Gasteiger partial charge in [-0.25, -0.2) is 24.5 Å². The van der Waals surface area contributed by atoms with Crippen molar-refractivity contribution in [1.29, 1.82) is 0 Å². The van der Waals surface area contributed by atoms with Crippen LogP contribution in [0.3, 0.4) is 0 Å². The van der Waals surface area contributed by atoms with Crippen LogP contribution in [0, 0.1) is 6.92 Å². The highest BCUT2D eigenvalue weighted by atomic mass is 32.1. The summed E-state index contributed by atoms with van der Waals surface area (Å²) >= 11 is 1.12. The first-order valence-corrected chi connectivity index (χ1v) is 12.3. The number of thiophene rings is 1. The summed E-state index contributed by atoms with van der Waals surface area (Å²) in [5.74, 6) is -0.0489. The predicted molar refractivity (Wildman–Crippen MR) is 133 cm³/mol. The van der Waals surface area contributed by atoms with E-state index in [1.54, 1.807) is 19.2 Å². The lowest BCUT2D eigenvalue weighted by atomic mass is 9.93. The molecule has 1 fully saturated rings. The highest BCUT2D eigenvalue weighted by Gasteiger charge is 2.27. The van der Waals surface area contributed by atoms with Crippen LogP contribution in [0.25, 0.3) is 10.2 Å². The van der Waals surface area contributed by atoms with Gasteiger partial charge in [-0.05, 0) is 71.1 Å². The molecule has 35 heavy (non-hydrogen) atoms. The van der Waals surface area contributed by atoms with Crippen LogP contribution in [0.5, 0.6) is 5.88 Å². The van der Waals surface area contributed by atoms with E-state index in [0.29, 0.717) is 33.2 Å². The van der Waals surface area contributed by atoms with Crippen molar-refractivity contribution in [2.75, 3.05) is 5.32 Å². The molecule has 3 N–H and O–H groups in total. The second kappa shape index (κ2) is 10.0. The summed E-state index contributed by atoms with van der Waals surface area (Å²) < 4.78 is 11.6. The van der Waals surface area contributed by atoms with Gasteiger partial charge in [0.15, 0.2) is 0 Å². The van der Waals surface area contributed by atoms with Crippen molar-refractivity contribution in [1.82, 2.24) is 20.3 Å². The van der Waals surface area contributed by atoms with Gasteiger partial charge in [-0.3, -0.25) is 0 Å². The lowest BCUT2D eigenvalue weighted by molar-refractivity contribution is 0.0469. The number of nitrogens with one attached hydrogen (secondary N) is 2. The number of rotatable bonds is 6. The number of aromatic carboxylic acids is 1. The quantitative estimate of drug-likeness (QED) is 0.425. The van der Waals surface area contributed by atoms with E-state index in [0.717, 1.165) is 37.0 Å². The molecule has 1 aliphatic rings. The van der Waals surface area contributed by atoms with Gasteiger partial charge in [0.2, 0.25) is 5.88 Å². The number of aryl methyl sites for hydroxylation is 1. The van der Waals surface area contributed by atoms with E-state index in [1.807, 2.05) is 26.8 Å². The molecule has 3 aromatic heterocycles. The van der Waals surface area contributed by atoms with Gasteiger partial charge in [0.05, 0.1) is 5.39 Å². The normalized spacial score (nSPS) is 18.2. The first-order chi connectivity index (χ1) is 16.6. The SMILES string of the molecule is Cc1c(C(=O)O)sc2ncnc(Nc3cccnc3OC3CCC(NC(=O)OC(C)(C)C)CC3)c12. The number of hydrogen-bond donors (Lipinski definition) is 3. The van der Waals surface area contributed by atoms with Crippen LogP contribution in [-0.4, -0.2) is 49.9 Å². The number of nitrogens with zero attached hydrogens (tertiary/aromatic N) is 3. The van der Waals surface area contributed by atoms with Crippen LogP contribution in [0.15, 0.2) is 24.7 Å². The third kappa shape index (κ3) is 5.97. The van der Waals surface area contributed by atoms with Crippen molar-refractivity contribution in [3.05, 3.63) is 35.1 Å². The molecule has 0 atom stereocenters. The van der Waals surface area contributed by atoms with Gasteiger partial charge in [0.1, 0.15) is 39.2 Å². The number of carbonyl (C=O) groups excluding carboxylic acids is 1. The Morgan fingerprint density at radius 2 is 1.89 bits per heavy atom. The van der Waals surface area contributed by atoms with E-state index in [2.05, 4.69) is 25.6 Å². The number of ether oxygens (including phenoxy) is 2. The Balaban J connectivity index is 1.43. The average Bonchev–Trinajstić information content (AvgIpc) is 3.13. The molecule has 0 unspecified atom stereocenters. The molecule has 10 nitrogen and oxygen atoms in total. The van der Waals surface area contributed by atoms with Crippen molar-refractivity contribution >= 4 is 45.1 Å². The molecule has 0 spiro atoms. The van der Waals surface area contributed by atoms with Crippen LogP contribution in [-0.2, 0) is 4.74 Å². The van der Waals surface area contributed by atoms with Gasteiger partial charge in [0.25, 0.3) is 0 Å². The highest BCUT2D eigenvalue weighted by Crippen LogP contribution is 2.36. The number of carboxylic acid groups (broad SMARTS) is 1. The fraction of sp³-hybridized carbons (Fsp3) is 0.458. The van der Waals surface area contributed by atoms with Crippen LogP contribution in [0.4, 0.5) is 16.3 Å². The Morgan fingerprint density at radius 1 is 1.14 bits per heavy atom. The first-order valence-electron chi connectivity index (χ1n) is 11.5. The summed E-state index contributed by atoms with van der Waals surface area (Å²) in [5.41, 5.74) is 0.713. The van der Waals surface area contributed by atoms with E-state index in [1.165, 1.54) is 6.33 Å². The smallest absolute Gasteiger partial charge is 0.407 e. The minimum Gasteiger partial charge on any atom is -0.477 e. The molecule has 0 aliphatic heterocycles. The van der Waals surface area contributed by atoms with E-state index in [9.17, 15) is 14.7 Å². The molecule has 0 bridgehead atoms. The van der Waals surface area contributed by atoms with Gasteiger partial charge in [0, 0.05) is 12.2 Å². The monoisotopic (exact) mass is 499 g/mol. The molecular weight excluding hydrogens is 470 g/mol. The summed E-state index contributed by atoms with van der Waals surface area (Å²) in [6, 6.07) is 3.68. The summed E-state index contributed by atoms with van der Waals surface area (Å²) in [6.07, 6.45) is 5.69. The molecule has 0 saturated heterocycles. The van der Waals surface area contributed by atoms with Crippen LogP contribution in [0.1, 0.15) is 61.7 Å². The maximum absolute atomic E-state index is 12.0. The van der Waals surface area contributed by atoms with E-state index >= 15 is 0 Å². The molecule has 1 aliphatic carbocycles. The highest BCUT2D eigenvalue weighted by molar-refractivity contribution is 7.20. The molecule has 1 saturated carbocycles. The Morgan fingerprint density at radius 3 is 2.57 bits per heavy atom. The van der Waals surface area contributed by atoms with Crippen molar-refractivity contribution < 1.29 is 24.2 Å². The molecule has 1 amide bonds. The van der Waals surface area contributed by atoms with Gasteiger partial charge in [-0.15, -0.1) is 11.3 Å². The van der Waals surface area contributed by atoms with Crippen molar-refractivity contribution in [3.63, 3.8) is 0 Å². The second-order valence-corrected chi connectivity index (χ2v) is 10.5. The zero-order valence-corrected chi connectivity index (χ0v) is 20.9. The first kappa shape index (κ1) is 24.6. The minimum atomic E-state index is -0.987. The number of carbonyl (C=O) groups is 2. The van der Waals surface area contributed by atoms with Crippen molar-refractivity contribution in [2.24, 2.45) is 0 Å². The molecule has 186 valence electrons. The van der Waals surface area contributed by atoms with Crippen LogP contribution >= 0.6 is 11.3 Å². The molecule has 0 aromatic carbocycles. The predicted octanol–water partition coefficient (Wildman–Crippen LogP) is 5.05. The minimum absolute atomic E-state index is 0.0466. The topological polar surface area (TPSA) is 136 Å². The molecule has 3 heterocycles. The molecule has 4 rings (SSSR count). The summed E-state index contributed by atoms with van der Waals surface area (Å²) in [6.45, 7) is 7.27. The van der Waals surface area contributed by atoms with Crippen LogP contribution < -0.4 is 15.4 Å². The molecular formula is C24H29N5O5S. The van der Waals surface area contributed by atoms with Crippen LogP contribution in [0.2, 0.25) is 0 Å². The zero-order valence-electron chi connectivity index (χ0n) is 20.1. The van der Waals surface area contributed by atoms with E-state index in [4.69, 9.17) is 9.47 Å². The maximum Gasteiger partial charge on any atom is 0.407 e. The maximum atomic E-state index is 12.0. The standard InChI is InChI=1S/C24H29N5O5S/c1-13-17-19(26-12-27-21(17)35-18(13)22(30)31)29-16-6-5-11-25-20(16)33-15-9-7-14(8-10-15)28-23(32)34-24(2,3)4/h5-6,11-12,14-15H,7-10H2,1-4H3,(H,28,32)(H,30,31)(H,26,27,29). The molecule has 3 aromatic rings. The van der Waals surface area contributed by atoms with Gasteiger partial charge in [-0.1, -0.05) is 0 Å². The third-order valence-electron chi connectivity index (χ3n) is 5.62. The Kier molecular flexibility index (Phi) is 7.06. The molecule has 0 radical (unpaired) electrons. The van der Waals surface area contributed by atoms with Gasteiger partial charge < -0.3 is 25.2 Å². The van der Waals surface area contributed by atoms with Gasteiger partial charge in [-0.2, -0.15) is 0 Å². The number of amides is 1. The number of hydrogen-bond acceptors (Lipinski definition) is 9. The lowest BCUT2D eigenvalue weighted by Gasteiger charge is -2.30. The number of carboxylic acids is 1. The fourth-order valence-electron chi connectivity index (χ4n) is 4.03. The van der Waals surface area contributed by atoms with Gasteiger partial charge >= 0.3 is 12.1 Å². The summed E-state index contributed by atoms with van der Waals surface area (Å²) in [4.78, 5) is 37.4. The van der Waals surface area contributed by atoms with E-state index in [-0.39, 0.29) is 17.0 Å². The number of pyridine rings is 1. The lowest BCUT2D eigenvalue weighted by Crippen LogP contribution is -2.42. The molecule has 11 heteroatoms. The largest absolute Gasteiger partial charge is 0.477 e. The zero-order chi connectivity index (χ0) is 25.2. The Labute approximate surface area is 207 Å². The van der Waals surface area contributed by atoms with Crippen molar-refractivity contribution in [3.8, 4) is 5.88 Å². The Hall–Kier alpha value is -3.47. The summed E-state index contributed by atoms with van der Waals surface area (Å²) in [5, 5.41) is 16.3. The second-order valence-electron chi connectivity index (χ2n) is 9.48. The number of fused-ring (bicyclic) bond motifs is 1. The van der Waals surface area contributed by atoms with E-state index < -0.39 is 17.7 Å². The number of alkyl carbamates (subject to hydrolysis) is 1. The summed E-state index contributed by atoms with van der Waals surface area (Å²) in [7, 11) is 0. The fourth-order valence-corrected chi connectivity index (χ4v) is 5.02.